The van der Waals surface area contributed by atoms with E-state index in [4.69, 9.17) is 23.2 Å². The van der Waals surface area contributed by atoms with E-state index in [0.717, 1.165) is 22.9 Å². The van der Waals surface area contributed by atoms with Crippen LogP contribution in [0.25, 0.3) is 33.4 Å². The Morgan fingerprint density at radius 3 is 1.47 bits per heavy atom. The fourth-order valence-electron chi connectivity index (χ4n) is 6.65. The van der Waals surface area contributed by atoms with Gasteiger partial charge in [-0.3, -0.25) is 6.08 Å². The van der Waals surface area contributed by atoms with Crippen molar-refractivity contribution >= 4 is 52.2 Å². The Morgan fingerprint density at radius 2 is 1.07 bits per heavy atom. The van der Waals surface area contributed by atoms with Gasteiger partial charge in [-0.2, -0.15) is 66.7 Å². The summed E-state index contributed by atoms with van der Waals surface area (Å²) in [4.78, 5) is 0. The number of hydrogen-bond donors (Lipinski definition) is 0. The fraction of sp³-hybridized carbons (Fsp3) is 0.226. The van der Waals surface area contributed by atoms with Crippen LogP contribution in [0.3, 0.4) is 0 Å². The van der Waals surface area contributed by atoms with Gasteiger partial charge in [0.1, 0.15) is 0 Å². The first kappa shape index (κ1) is 50.9. The molecule has 0 atom stereocenters. The maximum atomic E-state index is 5.52. The van der Waals surface area contributed by atoms with Crippen LogP contribution < -0.4 is 0 Å². The van der Waals surface area contributed by atoms with Gasteiger partial charge in [-0.25, -0.2) is 12.2 Å². The molecule has 6 aromatic carbocycles. The standard InChI is InChI=1S/C35H37.2C6H4Cl.C5H5.CH2.2ClH.Zr/c1-22-13-9-11-15-26(22)30-18-24-17-25-19-31(27-16-12-10-14-23(27)2)33(35(6,7)8)21-29(25)28(24)20-32(30)34(3,4)5;2*7-6-4-2-1-3-5-6;1-2-4-5-3-1;;;;/h9-16,18,20-21H,17H2,1-8H3;2*2-5H;1-3H,4H2;1H2;2*1H;/q4*-1;;;;. The van der Waals surface area contributed by atoms with Gasteiger partial charge in [-0.05, 0) is 58.9 Å². The third kappa shape index (κ3) is 14.2. The molecule has 0 heterocycles. The van der Waals surface area contributed by atoms with Gasteiger partial charge in [0, 0.05) is 0 Å². The van der Waals surface area contributed by atoms with Gasteiger partial charge in [0.2, 0.25) is 0 Å². The van der Waals surface area contributed by atoms with Crippen LogP contribution in [0.4, 0.5) is 0 Å². The van der Waals surface area contributed by atoms with Gasteiger partial charge in [0.05, 0.1) is 0 Å². The van der Waals surface area contributed by atoms with Gasteiger partial charge < -0.3 is 0 Å². The van der Waals surface area contributed by atoms with Crippen LogP contribution in [0.5, 0.6) is 0 Å². The molecule has 6 aromatic rings. The van der Waals surface area contributed by atoms with Crippen molar-refractivity contribution in [1.29, 1.82) is 0 Å². The van der Waals surface area contributed by atoms with Crippen molar-refractivity contribution in [3.8, 4) is 33.4 Å². The van der Waals surface area contributed by atoms with E-state index < -0.39 is 0 Å². The average Bonchev–Trinajstić information content (AvgIpc) is 3.88. The molecule has 0 fully saturated rings. The Hall–Kier alpha value is -3.29. The Morgan fingerprint density at radius 1 is 0.586 bits per heavy atom. The fourth-order valence-corrected chi connectivity index (χ4v) is 6.90. The molecule has 0 saturated heterocycles. The zero-order valence-corrected chi connectivity index (χ0v) is 40.5. The molecule has 0 aromatic heterocycles. The molecular weight excluding hydrogens is 870 g/mol. The maximum absolute atomic E-state index is 5.52. The molecule has 0 saturated carbocycles. The summed E-state index contributed by atoms with van der Waals surface area (Å²) in [7, 11) is 0. The summed E-state index contributed by atoms with van der Waals surface area (Å²) < 4.78 is 3.34. The molecule has 0 aliphatic heterocycles. The number of aryl methyl sites for hydroxylation is 2. The minimum atomic E-state index is 0. The Kier molecular flexibility index (Phi) is 21.1. The predicted octanol–water partition coefficient (Wildman–Crippen LogP) is 16.0. The SMILES string of the molecule is Cc1ccccc1-c1[c-]c2c(cc1C(C)(C)C)-c1cc(C(C)(C)C)c(-c3ccccc3C)cc1C2.Cl.Cl.Clc1cc[c-]cc1.Clc1cc[c-]cc1.[C-]1=CC=CC1.[CH2]=[Zr]. The molecule has 0 spiro atoms. The van der Waals surface area contributed by atoms with Crippen molar-refractivity contribution in [3.05, 3.63) is 201 Å². The molecule has 0 bridgehead atoms. The number of rotatable bonds is 2. The molecule has 0 nitrogen and oxygen atoms in total. The zero-order valence-electron chi connectivity index (χ0n) is 34.9. The van der Waals surface area contributed by atoms with Crippen LogP contribution in [0, 0.1) is 38.1 Å². The third-order valence-electron chi connectivity index (χ3n) is 9.47. The molecule has 2 aliphatic carbocycles. The van der Waals surface area contributed by atoms with E-state index in [9.17, 15) is 0 Å². The second kappa shape index (κ2) is 24.1. The van der Waals surface area contributed by atoms with Crippen LogP contribution in [-0.2, 0) is 41.5 Å². The molecule has 2 aliphatic rings. The van der Waals surface area contributed by atoms with Crippen molar-refractivity contribution in [2.45, 2.75) is 79.1 Å². The third-order valence-corrected chi connectivity index (χ3v) is 9.97. The first-order valence-corrected chi connectivity index (χ1v) is 21.4. The first-order valence-electron chi connectivity index (χ1n) is 18.9. The van der Waals surface area contributed by atoms with Crippen molar-refractivity contribution in [2.24, 2.45) is 0 Å². The summed E-state index contributed by atoms with van der Waals surface area (Å²) in [6.45, 7) is 18.4. The summed E-state index contributed by atoms with van der Waals surface area (Å²) >= 11 is 12.3. The Labute approximate surface area is 387 Å². The van der Waals surface area contributed by atoms with E-state index >= 15 is 0 Å². The van der Waals surface area contributed by atoms with E-state index in [-0.39, 0.29) is 35.6 Å². The molecule has 0 amide bonds. The second-order valence-electron chi connectivity index (χ2n) is 15.8. The van der Waals surface area contributed by atoms with Gasteiger partial charge >= 0.3 is 28.4 Å². The summed E-state index contributed by atoms with van der Waals surface area (Å²) in [6, 6.07) is 48.9. The van der Waals surface area contributed by atoms with Crippen LogP contribution in [0.1, 0.15) is 81.3 Å². The molecule has 302 valence electrons. The number of fused-ring (bicyclic) bond motifs is 3. The summed E-state index contributed by atoms with van der Waals surface area (Å²) in [5.74, 6) is 0. The quantitative estimate of drug-likeness (QED) is 0.152. The van der Waals surface area contributed by atoms with Gasteiger partial charge in [-0.15, -0.1) is 83.3 Å². The first-order chi connectivity index (χ1) is 26.7. The molecule has 0 N–H and O–H groups in total. The van der Waals surface area contributed by atoms with E-state index in [1.54, 1.807) is 48.5 Å². The van der Waals surface area contributed by atoms with Crippen LogP contribution in [0.15, 0.2) is 133 Å². The summed E-state index contributed by atoms with van der Waals surface area (Å²) in [5, 5.41) is 1.53. The summed E-state index contributed by atoms with van der Waals surface area (Å²) in [5.41, 5.74) is 16.3. The molecule has 0 radical (unpaired) electrons. The number of allylic oxidation sites excluding steroid dienone is 4. The van der Waals surface area contributed by atoms with Gasteiger partial charge in [-0.1, -0.05) is 135 Å². The molecule has 58 heavy (non-hydrogen) atoms. The molecule has 0 unspecified atom stereocenters. The predicted molar refractivity (Wildman–Crippen MR) is 255 cm³/mol. The van der Waals surface area contributed by atoms with E-state index in [2.05, 4.69) is 157 Å². The number of benzene rings is 6. The zero-order chi connectivity index (χ0) is 40.9. The van der Waals surface area contributed by atoms with Gasteiger partial charge in [0.25, 0.3) is 0 Å². The monoisotopic (exact) mass is 920 g/mol. The second-order valence-corrected chi connectivity index (χ2v) is 16.6. The average molecular weight is 924 g/mol. The number of halogens is 4. The molecular formula is C53H54Cl4Zr-4. The van der Waals surface area contributed by atoms with Crippen molar-refractivity contribution in [2.75, 3.05) is 0 Å². The van der Waals surface area contributed by atoms with Crippen LogP contribution >= 0.6 is 48.0 Å². The molecule has 5 heteroatoms. The molecule has 8 rings (SSSR count). The van der Waals surface area contributed by atoms with E-state index in [0.29, 0.717) is 0 Å². The van der Waals surface area contributed by atoms with Crippen molar-refractivity contribution < 1.29 is 24.2 Å². The summed E-state index contributed by atoms with van der Waals surface area (Å²) in [6.07, 6.45) is 10.9. The normalized spacial score (nSPS) is 11.5. The Balaban J connectivity index is 0.000000410. The van der Waals surface area contributed by atoms with Crippen molar-refractivity contribution in [3.63, 3.8) is 0 Å². The Bertz CT molecular complexity index is 2080. The number of hydrogen-bond acceptors (Lipinski definition) is 0. The van der Waals surface area contributed by atoms with Crippen LogP contribution in [-0.4, -0.2) is 4.21 Å². The van der Waals surface area contributed by atoms with E-state index in [1.165, 1.54) is 91.0 Å². The van der Waals surface area contributed by atoms with Crippen LogP contribution in [0.2, 0.25) is 10.0 Å². The van der Waals surface area contributed by atoms with Gasteiger partial charge in [0.15, 0.2) is 0 Å². The van der Waals surface area contributed by atoms with E-state index in [1.807, 2.05) is 12.2 Å². The topological polar surface area (TPSA) is 0 Å². The van der Waals surface area contributed by atoms with Crippen molar-refractivity contribution in [1.82, 2.24) is 0 Å². The minimum absolute atomic E-state index is 0.